The highest BCUT2D eigenvalue weighted by molar-refractivity contribution is 5.99. The summed E-state index contributed by atoms with van der Waals surface area (Å²) in [6.45, 7) is 6.04. The Labute approximate surface area is 213 Å². The lowest BCUT2D eigenvalue weighted by Crippen LogP contribution is -2.54. The van der Waals surface area contributed by atoms with Crippen LogP contribution >= 0.6 is 0 Å². The van der Waals surface area contributed by atoms with Crippen LogP contribution in [0.25, 0.3) is 0 Å². The number of likely N-dealkylation sites (tertiary alicyclic amines) is 1. The molecule has 0 bridgehead atoms. The van der Waals surface area contributed by atoms with Gasteiger partial charge in [-0.2, -0.15) is 0 Å². The first-order chi connectivity index (χ1) is 17.4. The SMILES string of the molecule is CCCC(=O)Nc1ccc2c(c1)C(=O)N(C)[C@H]1CC[C@H](CC(=O)NCCN3CCCCC3)O[C@H]1CO2. The molecule has 1 aromatic rings. The van der Waals surface area contributed by atoms with Crippen LogP contribution in [0.5, 0.6) is 5.75 Å². The smallest absolute Gasteiger partial charge is 0.257 e. The maximum atomic E-state index is 13.3. The highest BCUT2D eigenvalue weighted by Crippen LogP contribution is 2.32. The minimum absolute atomic E-state index is 0.00893. The molecule has 3 amide bonds. The summed E-state index contributed by atoms with van der Waals surface area (Å²) in [5, 5.41) is 5.89. The second-order valence-corrected chi connectivity index (χ2v) is 10.1. The molecule has 0 saturated carbocycles. The topological polar surface area (TPSA) is 100 Å². The van der Waals surface area contributed by atoms with Crippen molar-refractivity contribution in [3.05, 3.63) is 23.8 Å². The molecular formula is C27H40N4O5. The van der Waals surface area contributed by atoms with E-state index in [-0.39, 0.29) is 36.0 Å². The number of rotatable bonds is 8. The summed E-state index contributed by atoms with van der Waals surface area (Å²) in [6.07, 6.45) is 6.24. The Bertz CT molecular complexity index is 933. The zero-order valence-electron chi connectivity index (χ0n) is 21.6. The van der Waals surface area contributed by atoms with Crippen molar-refractivity contribution in [3.8, 4) is 5.75 Å². The van der Waals surface area contributed by atoms with Crippen LogP contribution in [0.3, 0.4) is 0 Å². The van der Waals surface area contributed by atoms with Gasteiger partial charge in [-0.25, -0.2) is 0 Å². The van der Waals surface area contributed by atoms with Crippen molar-refractivity contribution in [1.82, 2.24) is 15.1 Å². The number of fused-ring (bicyclic) bond motifs is 2. The molecule has 3 heterocycles. The van der Waals surface area contributed by atoms with Crippen molar-refractivity contribution in [2.45, 2.75) is 76.5 Å². The summed E-state index contributed by atoms with van der Waals surface area (Å²) in [5.74, 6) is 0.241. The van der Waals surface area contributed by atoms with Crippen molar-refractivity contribution in [2.75, 3.05) is 45.2 Å². The second kappa shape index (κ2) is 12.5. The molecule has 0 unspecified atom stereocenters. The van der Waals surface area contributed by atoms with Crippen LogP contribution in [0, 0.1) is 0 Å². The number of benzene rings is 1. The van der Waals surface area contributed by atoms with Crippen molar-refractivity contribution in [1.29, 1.82) is 0 Å². The minimum Gasteiger partial charge on any atom is -0.490 e. The largest absolute Gasteiger partial charge is 0.490 e. The third-order valence-corrected chi connectivity index (χ3v) is 7.38. The van der Waals surface area contributed by atoms with Gasteiger partial charge in [0, 0.05) is 32.2 Å². The predicted octanol–water partition coefficient (Wildman–Crippen LogP) is 2.80. The lowest BCUT2D eigenvalue weighted by molar-refractivity contribution is -0.134. The van der Waals surface area contributed by atoms with Gasteiger partial charge in [-0.05, 0) is 63.4 Å². The lowest BCUT2D eigenvalue weighted by Gasteiger charge is -2.42. The molecule has 2 fully saturated rings. The first-order valence-electron chi connectivity index (χ1n) is 13.4. The Morgan fingerprint density at radius 1 is 1.11 bits per heavy atom. The van der Waals surface area contributed by atoms with Gasteiger partial charge in [0.15, 0.2) is 0 Å². The monoisotopic (exact) mass is 500 g/mol. The molecule has 3 atom stereocenters. The molecule has 1 aromatic carbocycles. The van der Waals surface area contributed by atoms with Gasteiger partial charge in [0.25, 0.3) is 5.91 Å². The van der Waals surface area contributed by atoms with Crippen LogP contribution in [0.1, 0.15) is 68.6 Å². The maximum Gasteiger partial charge on any atom is 0.257 e. The fraction of sp³-hybridized carbons (Fsp3) is 0.667. The van der Waals surface area contributed by atoms with Gasteiger partial charge >= 0.3 is 0 Å². The van der Waals surface area contributed by atoms with Crippen molar-refractivity contribution in [2.24, 2.45) is 0 Å². The molecule has 0 spiro atoms. The summed E-state index contributed by atoms with van der Waals surface area (Å²) in [4.78, 5) is 42.0. The van der Waals surface area contributed by atoms with Gasteiger partial charge in [-0.3, -0.25) is 14.4 Å². The van der Waals surface area contributed by atoms with E-state index in [2.05, 4.69) is 15.5 Å². The zero-order chi connectivity index (χ0) is 25.5. The van der Waals surface area contributed by atoms with E-state index >= 15 is 0 Å². The molecule has 0 aliphatic carbocycles. The van der Waals surface area contributed by atoms with Gasteiger partial charge < -0.3 is 29.9 Å². The first kappa shape index (κ1) is 26.4. The second-order valence-electron chi connectivity index (χ2n) is 10.1. The molecule has 3 aliphatic heterocycles. The van der Waals surface area contributed by atoms with Gasteiger partial charge in [-0.1, -0.05) is 13.3 Å². The maximum absolute atomic E-state index is 13.3. The van der Waals surface area contributed by atoms with Crippen LogP contribution in [0.15, 0.2) is 18.2 Å². The molecule has 198 valence electrons. The molecule has 0 radical (unpaired) electrons. The molecule has 9 nitrogen and oxygen atoms in total. The molecule has 2 saturated heterocycles. The molecule has 36 heavy (non-hydrogen) atoms. The van der Waals surface area contributed by atoms with E-state index in [1.807, 2.05) is 6.92 Å². The highest BCUT2D eigenvalue weighted by atomic mass is 16.5. The summed E-state index contributed by atoms with van der Waals surface area (Å²) in [5.41, 5.74) is 1.02. The van der Waals surface area contributed by atoms with Gasteiger partial charge in [-0.15, -0.1) is 0 Å². The van der Waals surface area contributed by atoms with E-state index in [4.69, 9.17) is 9.47 Å². The number of carbonyl (C=O) groups excluding carboxylic acids is 3. The minimum atomic E-state index is -0.309. The fourth-order valence-corrected chi connectivity index (χ4v) is 5.37. The molecule has 9 heteroatoms. The number of amides is 3. The van der Waals surface area contributed by atoms with E-state index in [0.717, 1.165) is 32.5 Å². The Kier molecular flexibility index (Phi) is 9.20. The van der Waals surface area contributed by atoms with E-state index in [9.17, 15) is 14.4 Å². The van der Waals surface area contributed by atoms with Crippen LogP contribution in [-0.2, 0) is 14.3 Å². The Morgan fingerprint density at radius 2 is 1.92 bits per heavy atom. The Hall–Kier alpha value is -2.65. The van der Waals surface area contributed by atoms with Crippen molar-refractivity contribution >= 4 is 23.4 Å². The average Bonchev–Trinajstić information content (AvgIpc) is 2.87. The average molecular weight is 501 g/mol. The van der Waals surface area contributed by atoms with Gasteiger partial charge in [0.2, 0.25) is 11.8 Å². The molecule has 2 N–H and O–H groups in total. The quantitative estimate of drug-likeness (QED) is 0.569. The third kappa shape index (κ3) is 6.76. The standard InChI is InChI=1S/C27H40N4O5/c1-3-7-25(32)29-19-8-11-23-21(16-19)27(34)30(2)22-10-9-20(36-24(22)18-35-23)17-26(33)28-12-15-31-13-5-4-6-14-31/h8,11,16,20,22,24H,3-7,9-10,12-15,17-18H2,1-2H3,(H,28,33)(H,29,32)/t20-,22+,24+/m1/s1. The number of carbonyl (C=O) groups is 3. The van der Waals surface area contributed by atoms with Crippen LogP contribution in [-0.4, -0.2) is 85.6 Å². The number of hydrogen-bond donors (Lipinski definition) is 2. The zero-order valence-corrected chi connectivity index (χ0v) is 21.6. The van der Waals surface area contributed by atoms with Crippen molar-refractivity contribution in [3.63, 3.8) is 0 Å². The summed E-state index contributed by atoms with van der Waals surface area (Å²) >= 11 is 0. The molecule has 3 aliphatic rings. The number of nitrogens with zero attached hydrogens (tertiary/aromatic N) is 2. The summed E-state index contributed by atoms with van der Waals surface area (Å²) in [7, 11) is 1.79. The predicted molar refractivity (Wildman–Crippen MR) is 137 cm³/mol. The molecule has 0 aromatic heterocycles. The number of nitrogens with one attached hydrogen (secondary N) is 2. The number of likely N-dealkylation sites (N-methyl/N-ethyl adjacent to an activating group) is 1. The number of anilines is 1. The fourth-order valence-electron chi connectivity index (χ4n) is 5.37. The molecule has 4 rings (SSSR count). The van der Waals surface area contributed by atoms with Gasteiger partial charge in [0.1, 0.15) is 18.5 Å². The number of piperidine rings is 1. The molecular weight excluding hydrogens is 460 g/mol. The third-order valence-electron chi connectivity index (χ3n) is 7.38. The van der Waals surface area contributed by atoms with E-state index in [1.54, 1.807) is 30.1 Å². The number of hydrogen-bond acceptors (Lipinski definition) is 6. The van der Waals surface area contributed by atoms with Gasteiger partial charge in [0.05, 0.1) is 24.1 Å². The van der Waals surface area contributed by atoms with E-state index in [1.165, 1.54) is 19.3 Å². The van der Waals surface area contributed by atoms with E-state index < -0.39 is 0 Å². The van der Waals surface area contributed by atoms with Crippen LogP contribution < -0.4 is 15.4 Å². The first-order valence-corrected chi connectivity index (χ1v) is 13.4. The van der Waals surface area contributed by atoms with Crippen LogP contribution in [0.4, 0.5) is 5.69 Å². The number of ether oxygens (including phenoxy) is 2. The van der Waals surface area contributed by atoms with Crippen molar-refractivity contribution < 1.29 is 23.9 Å². The normalized spacial score (nSPS) is 24.6. The van der Waals surface area contributed by atoms with Crippen LogP contribution in [0.2, 0.25) is 0 Å². The summed E-state index contributed by atoms with van der Waals surface area (Å²) < 4.78 is 12.3. The highest BCUT2D eigenvalue weighted by Gasteiger charge is 2.39. The lowest BCUT2D eigenvalue weighted by atomic mass is 9.94. The summed E-state index contributed by atoms with van der Waals surface area (Å²) in [6, 6.07) is 5.02. The Balaban J connectivity index is 1.32. The Morgan fingerprint density at radius 3 is 2.69 bits per heavy atom. The van der Waals surface area contributed by atoms with E-state index in [0.29, 0.717) is 49.4 Å².